The second-order valence-electron chi connectivity index (χ2n) is 8.44. The van der Waals surface area contributed by atoms with E-state index in [0.717, 1.165) is 67.0 Å². The van der Waals surface area contributed by atoms with Crippen LogP contribution in [0.25, 0.3) is 22.4 Å². The molecule has 0 bridgehead atoms. The largest absolute Gasteiger partial charge is 0.497 e. The number of hydrogen-bond acceptors (Lipinski definition) is 4. The van der Waals surface area contributed by atoms with Crippen LogP contribution in [-0.2, 0) is 11.3 Å². The SMILES string of the molecule is COc1ccc(-c2ccc(-c3cnnn3C[C@@H]3CCN(C(=O)C4CC4)C3)cc2)c(Cl)c1. The van der Waals surface area contributed by atoms with Crippen LogP contribution in [0.2, 0.25) is 5.02 Å². The van der Waals surface area contributed by atoms with Gasteiger partial charge in [0.05, 0.1) is 24.0 Å². The van der Waals surface area contributed by atoms with Gasteiger partial charge in [0.1, 0.15) is 5.75 Å². The summed E-state index contributed by atoms with van der Waals surface area (Å²) < 4.78 is 7.20. The lowest BCUT2D eigenvalue weighted by atomic mass is 10.0. The average molecular weight is 437 g/mol. The Hall–Kier alpha value is -2.86. The zero-order valence-corrected chi connectivity index (χ0v) is 18.3. The monoisotopic (exact) mass is 436 g/mol. The van der Waals surface area contributed by atoms with Crippen LogP contribution in [-0.4, -0.2) is 46.0 Å². The molecule has 1 atom stereocenters. The van der Waals surface area contributed by atoms with Gasteiger partial charge in [-0.2, -0.15) is 0 Å². The molecule has 5 rings (SSSR count). The molecule has 0 unspecified atom stereocenters. The second kappa shape index (κ2) is 8.35. The molecule has 6 nitrogen and oxygen atoms in total. The lowest BCUT2D eigenvalue weighted by molar-refractivity contribution is -0.131. The Kier molecular flexibility index (Phi) is 5.40. The van der Waals surface area contributed by atoms with Crippen LogP contribution in [0.5, 0.6) is 5.75 Å². The van der Waals surface area contributed by atoms with Crippen molar-refractivity contribution >= 4 is 17.5 Å². The molecular weight excluding hydrogens is 412 g/mol. The summed E-state index contributed by atoms with van der Waals surface area (Å²) in [6, 6.07) is 14.0. The van der Waals surface area contributed by atoms with Crippen molar-refractivity contribution < 1.29 is 9.53 Å². The van der Waals surface area contributed by atoms with Crippen LogP contribution < -0.4 is 4.74 Å². The number of ether oxygens (including phenoxy) is 1. The number of methoxy groups -OCH3 is 1. The number of nitrogens with zero attached hydrogens (tertiary/aromatic N) is 4. The first-order chi connectivity index (χ1) is 15.1. The third kappa shape index (κ3) is 4.17. The Bertz CT molecular complexity index is 1090. The molecule has 160 valence electrons. The number of benzene rings is 2. The van der Waals surface area contributed by atoms with Crippen molar-refractivity contribution in [3.8, 4) is 28.1 Å². The molecule has 2 aromatic carbocycles. The predicted octanol–water partition coefficient (Wildman–Crippen LogP) is 4.53. The number of carbonyl (C=O) groups excluding carboxylic acids is 1. The highest BCUT2D eigenvalue weighted by atomic mass is 35.5. The van der Waals surface area contributed by atoms with Gasteiger partial charge in [0.15, 0.2) is 0 Å². The van der Waals surface area contributed by atoms with Crippen molar-refractivity contribution in [3.63, 3.8) is 0 Å². The molecule has 1 saturated carbocycles. The zero-order valence-electron chi connectivity index (χ0n) is 17.5. The van der Waals surface area contributed by atoms with Gasteiger partial charge in [-0.1, -0.05) is 41.1 Å². The standard InChI is InChI=1S/C24H25ClN4O2/c1-31-20-8-9-21(22(25)12-20)17-2-4-18(5-3-17)23-13-26-27-29(23)15-16-10-11-28(14-16)24(30)19-6-7-19/h2-5,8-9,12-13,16,19H,6-7,10-11,14-15H2,1H3/t16-/m1/s1. The van der Waals surface area contributed by atoms with Crippen molar-refractivity contribution in [1.82, 2.24) is 19.9 Å². The maximum absolute atomic E-state index is 12.3. The first kappa shape index (κ1) is 20.1. The van der Waals surface area contributed by atoms with Crippen LogP contribution in [0.15, 0.2) is 48.7 Å². The summed E-state index contributed by atoms with van der Waals surface area (Å²) >= 11 is 6.43. The van der Waals surface area contributed by atoms with E-state index in [0.29, 0.717) is 22.8 Å². The van der Waals surface area contributed by atoms with Crippen LogP contribution >= 0.6 is 11.6 Å². The first-order valence-electron chi connectivity index (χ1n) is 10.7. The first-order valence-corrected chi connectivity index (χ1v) is 11.1. The number of aromatic nitrogens is 3. The summed E-state index contributed by atoms with van der Waals surface area (Å²) in [7, 11) is 1.63. The number of likely N-dealkylation sites (tertiary alicyclic amines) is 1. The molecular formula is C24H25ClN4O2. The number of halogens is 1. The van der Waals surface area contributed by atoms with Gasteiger partial charge in [-0.25, -0.2) is 4.68 Å². The minimum atomic E-state index is 0.290. The van der Waals surface area contributed by atoms with E-state index in [4.69, 9.17) is 16.3 Å². The fourth-order valence-corrected chi connectivity index (χ4v) is 4.59. The minimum Gasteiger partial charge on any atom is -0.497 e. The number of carbonyl (C=O) groups is 1. The Morgan fingerprint density at radius 1 is 1.13 bits per heavy atom. The summed E-state index contributed by atoms with van der Waals surface area (Å²) in [5, 5.41) is 9.12. The van der Waals surface area contributed by atoms with Gasteiger partial charge >= 0.3 is 0 Å². The zero-order chi connectivity index (χ0) is 21.4. The van der Waals surface area contributed by atoms with Gasteiger partial charge in [-0.15, -0.1) is 5.10 Å². The van der Waals surface area contributed by atoms with Crippen molar-refractivity contribution in [2.45, 2.75) is 25.8 Å². The fourth-order valence-electron chi connectivity index (χ4n) is 4.31. The average Bonchev–Trinajstić information content (AvgIpc) is 3.37. The highest BCUT2D eigenvalue weighted by molar-refractivity contribution is 6.33. The highest BCUT2D eigenvalue weighted by Gasteiger charge is 2.36. The Morgan fingerprint density at radius 3 is 2.61 bits per heavy atom. The molecule has 1 saturated heterocycles. The Labute approximate surface area is 186 Å². The molecule has 2 aliphatic rings. The normalized spacial score (nSPS) is 18.4. The van der Waals surface area contributed by atoms with Gasteiger partial charge in [-0.3, -0.25) is 4.79 Å². The second-order valence-corrected chi connectivity index (χ2v) is 8.84. The van der Waals surface area contributed by atoms with Crippen LogP contribution in [0.3, 0.4) is 0 Å². The van der Waals surface area contributed by atoms with E-state index in [2.05, 4.69) is 34.6 Å². The molecule has 1 amide bonds. The van der Waals surface area contributed by atoms with Gasteiger partial charge in [-0.05, 0) is 48.9 Å². The highest BCUT2D eigenvalue weighted by Crippen LogP contribution is 2.34. The van der Waals surface area contributed by atoms with E-state index in [-0.39, 0.29) is 0 Å². The molecule has 31 heavy (non-hydrogen) atoms. The third-order valence-corrected chi connectivity index (χ3v) is 6.55. The van der Waals surface area contributed by atoms with Crippen LogP contribution in [0, 0.1) is 11.8 Å². The molecule has 0 N–H and O–H groups in total. The van der Waals surface area contributed by atoms with E-state index < -0.39 is 0 Å². The van der Waals surface area contributed by atoms with Crippen LogP contribution in [0.4, 0.5) is 0 Å². The summed E-state index contributed by atoms with van der Waals surface area (Å²) in [5.41, 5.74) is 4.05. The molecule has 0 radical (unpaired) electrons. The summed E-state index contributed by atoms with van der Waals surface area (Å²) in [4.78, 5) is 14.4. The van der Waals surface area contributed by atoms with E-state index in [1.165, 1.54) is 0 Å². The van der Waals surface area contributed by atoms with Crippen LogP contribution in [0.1, 0.15) is 19.3 Å². The van der Waals surface area contributed by atoms with E-state index in [1.54, 1.807) is 13.3 Å². The van der Waals surface area contributed by atoms with E-state index >= 15 is 0 Å². The molecule has 2 heterocycles. The lowest BCUT2D eigenvalue weighted by Gasteiger charge is -2.16. The Balaban J connectivity index is 1.30. The molecule has 1 aromatic heterocycles. The Morgan fingerprint density at radius 2 is 1.90 bits per heavy atom. The van der Waals surface area contributed by atoms with Gasteiger partial charge in [0, 0.05) is 36.7 Å². The number of rotatable bonds is 6. The maximum Gasteiger partial charge on any atom is 0.225 e. The van der Waals surface area contributed by atoms with Gasteiger partial charge in [0.2, 0.25) is 5.91 Å². The number of hydrogen-bond donors (Lipinski definition) is 0. The summed E-state index contributed by atoms with van der Waals surface area (Å²) in [6.07, 6.45) is 4.94. The predicted molar refractivity (Wildman–Crippen MR) is 120 cm³/mol. The topological polar surface area (TPSA) is 60.3 Å². The van der Waals surface area contributed by atoms with Gasteiger partial charge in [0.25, 0.3) is 0 Å². The number of amides is 1. The van der Waals surface area contributed by atoms with E-state index in [1.807, 2.05) is 27.8 Å². The fraction of sp³-hybridized carbons (Fsp3) is 0.375. The van der Waals surface area contributed by atoms with Crippen molar-refractivity contribution in [2.75, 3.05) is 20.2 Å². The maximum atomic E-state index is 12.3. The van der Waals surface area contributed by atoms with Crippen molar-refractivity contribution in [3.05, 3.63) is 53.7 Å². The molecule has 1 aliphatic carbocycles. The minimum absolute atomic E-state index is 0.290. The van der Waals surface area contributed by atoms with E-state index in [9.17, 15) is 4.79 Å². The molecule has 7 heteroatoms. The molecule has 3 aromatic rings. The lowest BCUT2D eigenvalue weighted by Crippen LogP contribution is -2.30. The molecule has 2 fully saturated rings. The molecule has 1 aliphatic heterocycles. The van der Waals surface area contributed by atoms with Crippen molar-refractivity contribution in [2.24, 2.45) is 11.8 Å². The molecule has 0 spiro atoms. The quantitative estimate of drug-likeness (QED) is 0.569. The van der Waals surface area contributed by atoms with Crippen molar-refractivity contribution in [1.29, 1.82) is 0 Å². The summed E-state index contributed by atoms with van der Waals surface area (Å²) in [6.45, 7) is 2.46. The summed E-state index contributed by atoms with van der Waals surface area (Å²) in [5.74, 6) is 1.79. The smallest absolute Gasteiger partial charge is 0.225 e. The third-order valence-electron chi connectivity index (χ3n) is 6.24. The van der Waals surface area contributed by atoms with Gasteiger partial charge < -0.3 is 9.64 Å².